The van der Waals surface area contributed by atoms with Crippen LogP contribution in [0.15, 0.2) is 24.3 Å². The summed E-state index contributed by atoms with van der Waals surface area (Å²) in [5.74, 6) is -0.0602. The van der Waals surface area contributed by atoms with Gasteiger partial charge in [-0.3, -0.25) is 4.79 Å². The molecule has 0 aliphatic heterocycles. The topological polar surface area (TPSA) is 75.4 Å². The number of amides is 1. The SMILES string of the molecule is NC1(C(=O)NCc2ccc(CO)cc2)CCC1. The summed E-state index contributed by atoms with van der Waals surface area (Å²) >= 11 is 0. The highest BCUT2D eigenvalue weighted by atomic mass is 16.3. The van der Waals surface area contributed by atoms with Crippen LogP contribution in [0.1, 0.15) is 30.4 Å². The molecule has 0 radical (unpaired) electrons. The van der Waals surface area contributed by atoms with Gasteiger partial charge in [0.05, 0.1) is 12.1 Å². The zero-order chi connectivity index (χ0) is 12.3. The normalized spacial score (nSPS) is 17.3. The smallest absolute Gasteiger partial charge is 0.240 e. The fraction of sp³-hybridized carbons (Fsp3) is 0.462. The molecule has 0 heterocycles. The molecule has 0 unspecified atom stereocenters. The molecule has 1 aromatic carbocycles. The Hall–Kier alpha value is -1.39. The second-order valence-corrected chi connectivity index (χ2v) is 4.67. The van der Waals surface area contributed by atoms with E-state index in [9.17, 15) is 4.79 Å². The van der Waals surface area contributed by atoms with Crippen molar-refractivity contribution in [2.75, 3.05) is 0 Å². The van der Waals surface area contributed by atoms with Gasteiger partial charge in [-0.2, -0.15) is 0 Å². The number of benzene rings is 1. The van der Waals surface area contributed by atoms with Crippen LogP contribution in [0.3, 0.4) is 0 Å². The average molecular weight is 234 g/mol. The first-order valence-corrected chi connectivity index (χ1v) is 5.90. The zero-order valence-corrected chi connectivity index (χ0v) is 9.78. The molecule has 92 valence electrons. The highest BCUT2D eigenvalue weighted by molar-refractivity contribution is 5.86. The van der Waals surface area contributed by atoms with Gasteiger partial charge < -0.3 is 16.2 Å². The molecule has 4 nitrogen and oxygen atoms in total. The number of rotatable bonds is 4. The summed E-state index contributed by atoms with van der Waals surface area (Å²) in [6.45, 7) is 0.530. The van der Waals surface area contributed by atoms with Crippen LogP contribution in [-0.4, -0.2) is 16.6 Å². The molecular weight excluding hydrogens is 216 g/mol. The van der Waals surface area contributed by atoms with E-state index in [1.54, 1.807) is 0 Å². The van der Waals surface area contributed by atoms with Gasteiger partial charge >= 0.3 is 0 Å². The van der Waals surface area contributed by atoms with Crippen molar-refractivity contribution in [1.29, 1.82) is 0 Å². The van der Waals surface area contributed by atoms with Crippen LogP contribution in [0.4, 0.5) is 0 Å². The highest BCUT2D eigenvalue weighted by Crippen LogP contribution is 2.29. The van der Waals surface area contributed by atoms with Gasteiger partial charge in [0, 0.05) is 6.54 Å². The molecule has 0 atom stereocenters. The van der Waals surface area contributed by atoms with E-state index in [0.29, 0.717) is 6.54 Å². The van der Waals surface area contributed by atoms with Gasteiger partial charge in [0.25, 0.3) is 0 Å². The Morgan fingerprint density at radius 1 is 1.29 bits per heavy atom. The molecule has 0 bridgehead atoms. The summed E-state index contributed by atoms with van der Waals surface area (Å²) in [7, 11) is 0. The van der Waals surface area contributed by atoms with Crippen LogP contribution in [-0.2, 0) is 17.9 Å². The van der Waals surface area contributed by atoms with Gasteiger partial charge in [-0.1, -0.05) is 24.3 Å². The summed E-state index contributed by atoms with van der Waals surface area (Å²) in [6, 6.07) is 7.50. The summed E-state index contributed by atoms with van der Waals surface area (Å²) in [5.41, 5.74) is 7.16. The summed E-state index contributed by atoms with van der Waals surface area (Å²) < 4.78 is 0. The van der Waals surface area contributed by atoms with E-state index in [2.05, 4.69) is 5.32 Å². The van der Waals surface area contributed by atoms with Crippen LogP contribution < -0.4 is 11.1 Å². The molecule has 2 rings (SSSR count). The fourth-order valence-corrected chi connectivity index (χ4v) is 1.91. The molecule has 0 spiro atoms. The van der Waals surface area contributed by atoms with Crippen LogP contribution >= 0.6 is 0 Å². The summed E-state index contributed by atoms with van der Waals surface area (Å²) in [5, 5.41) is 11.8. The molecule has 1 saturated carbocycles. The van der Waals surface area contributed by atoms with Gasteiger partial charge in [-0.15, -0.1) is 0 Å². The monoisotopic (exact) mass is 234 g/mol. The molecule has 1 aliphatic rings. The zero-order valence-electron chi connectivity index (χ0n) is 9.78. The Morgan fingerprint density at radius 2 is 1.88 bits per heavy atom. The van der Waals surface area contributed by atoms with Crippen molar-refractivity contribution in [2.24, 2.45) is 5.73 Å². The molecule has 4 heteroatoms. The van der Waals surface area contributed by atoms with Gasteiger partial charge in [0.2, 0.25) is 5.91 Å². The van der Waals surface area contributed by atoms with Crippen molar-refractivity contribution >= 4 is 5.91 Å². The Bertz CT molecular complexity index is 396. The van der Waals surface area contributed by atoms with Crippen molar-refractivity contribution < 1.29 is 9.90 Å². The fourth-order valence-electron chi connectivity index (χ4n) is 1.91. The first-order chi connectivity index (χ1) is 8.14. The predicted molar refractivity (Wildman–Crippen MR) is 65.0 cm³/mol. The largest absolute Gasteiger partial charge is 0.392 e. The quantitative estimate of drug-likeness (QED) is 0.717. The number of aliphatic hydroxyl groups excluding tert-OH is 1. The third-order valence-corrected chi connectivity index (χ3v) is 3.36. The molecule has 17 heavy (non-hydrogen) atoms. The third kappa shape index (κ3) is 2.65. The van der Waals surface area contributed by atoms with E-state index < -0.39 is 5.54 Å². The highest BCUT2D eigenvalue weighted by Gasteiger charge is 2.39. The Balaban J connectivity index is 1.86. The second-order valence-electron chi connectivity index (χ2n) is 4.67. The van der Waals surface area contributed by atoms with Gasteiger partial charge in [-0.25, -0.2) is 0 Å². The molecule has 1 aromatic rings. The standard InChI is InChI=1S/C13H18N2O2/c14-13(6-1-7-13)12(17)15-8-10-2-4-11(9-16)5-3-10/h2-5,16H,1,6-9,14H2,(H,15,17). The molecule has 1 aliphatic carbocycles. The second kappa shape index (κ2) is 4.85. The number of hydrogen-bond donors (Lipinski definition) is 3. The number of hydrogen-bond acceptors (Lipinski definition) is 3. The van der Waals surface area contributed by atoms with Crippen molar-refractivity contribution in [3.05, 3.63) is 35.4 Å². The first kappa shape index (κ1) is 12.1. The molecule has 0 aromatic heterocycles. The Kier molecular flexibility index (Phi) is 3.45. The molecule has 1 fully saturated rings. The van der Waals surface area contributed by atoms with E-state index in [-0.39, 0.29) is 12.5 Å². The molecule has 4 N–H and O–H groups in total. The summed E-state index contributed by atoms with van der Waals surface area (Å²) in [6.07, 6.45) is 2.60. The minimum atomic E-state index is -0.634. The van der Waals surface area contributed by atoms with E-state index in [1.165, 1.54) is 0 Å². The van der Waals surface area contributed by atoms with Crippen LogP contribution in [0.5, 0.6) is 0 Å². The maximum atomic E-state index is 11.8. The maximum Gasteiger partial charge on any atom is 0.240 e. The Morgan fingerprint density at radius 3 is 2.35 bits per heavy atom. The molecule has 1 amide bonds. The minimum absolute atomic E-state index is 0.0402. The lowest BCUT2D eigenvalue weighted by Gasteiger charge is -2.36. The van der Waals surface area contributed by atoms with E-state index in [4.69, 9.17) is 10.8 Å². The summed E-state index contributed by atoms with van der Waals surface area (Å²) in [4.78, 5) is 11.8. The van der Waals surface area contributed by atoms with E-state index in [0.717, 1.165) is 30.4 Å². The van der Waals surface area contributed by atoms with Crippen LogP contribution in [0.25, 0.3) is 0 Å². The lowest BCUT2D eigenvalue weighted by atomic mass is 9.77. The molecule has 0 saturated heterocycles. The third-order valence-electron chi connectivity index (χ3n) is 3.36. The predicted octanol–water partition coefficient (Wildman–Crippen LogP) is 0.676. The van der Waals surface area contributed by atoms with Crippen LogP contribution in [0.2, 0.25) is 0 Å². The van der Waals surface area contributed by atoms with E-state index in [1.807, 2.05) is 24.3 Å². The number of carbonyl (C=O) groups is 1. The van der Waals surface area contributed by atoms with Crippen molar-refractivity contribution in [3.63, 3.8) is 0 Å². The number of aliphatic hydroxyl groups is 1. The minimum Gasteiger partial charge on any atom is -0.392 e. The van der Waals surface area contributed by atoms with Gasteiger partial charge in [0.15, 0.2) is 0 Å². The van der Waals surface area contributed by atoms with Crippen molar-refractivity contribution in [1.82, 2.24) is 5.32 Å². The van der Waals surface area contributed by atoms with Crippen molar-refractivity contribution in [2.45, 2.75) is 38.0 Å². The molecular formula is C13H18N2O2. The Labute approximate surface area is 101 Å². The maximum absolute atomic E-state index is 11.8. The van der Waals surface area contributed by atoms with E-state index >= 15 is 0 Å². The van der Waals surface area contributed by atoms with Gasteiger partial charge in [-0.05, 0) is 30.4 Å². The number of nitrogens with two attached hydrogens (primary N) is 1. The number of carbonyl (C=O) groups excluding carboxylic acids is 1. The number of nitrogens with one attached hydrogen (secondary N) is 1. The average Bonchev–Trinajstić information content (AvgIpc) is 2.33. The lowest BCUT2D eigenvalue weighted by molar-refractivity contribution is -0.129. The lowest BCUT2D eigenvalue weighted by Crippen LogP contribution is -2.58. The van der Waals surface area contributed by atoms with Crippen molar-refractivity contribution in [3.8, 4) is 0 Å². The van der Waals surface area contributed by atoms with Crippen LogP contribution in [0, 0.1) is 0 Å². The van der Waals surface area contributed by atoms with Gasteiger partial charge in [0.1, 0.15) is 0 Å². The first-order valence-electron chi connectivity index (χ1n) is 5.90.